The fraction of sp³-hybridized carbons (Fsp3) is 0.500. The van der Waals surface area contributed by atoms with Gasteiger partial charge in [0, 0.05) is 20.4 Å². The van der Waals surface area contributed by atoms with Gasteiger partial charge in [-0.3, -0.25) is 0 Å². The summed E-state index contributed by atoms with van der Waals surface area (Å²) in [5, 5.41) is 47.5. The number of aliphatic hydroxyl groups is 4. The summed E-state index contributed by atoms with van der Waals surface area (Å²) in [5.74, 6) is -4.79. The maximum atomic E-state index is 9.53. The number of nitrogens with zero attached hydrogens (tertiary/aromatic N) is 1. The van der Waals surface area contributed by atoms with E-state index in [1.54, 1.807) is 13.0 Å². The summed E-state index contributed by atoms with van der Waals surface area (Å²) < 4.78 is 0. The molecule has 0 spiro atoms. The molecule has 0 aromatic heterocycles. The lowest BCUT2D eigenvalue weighted by atomic mass is 10.1. The number of aromatic hydroxyl groups is 1. The Balaban J connectivity index is 3.08. The molecule has 6 nitrogen and oxygen atoms in total. The summed E-state index contributed by atoms with van der Waals surface area (Å²) >= 11 is 0. The first-order valence-electron chi connectivity index (χ1n) is 5.47. The van der Waals surface area contributed by atoms with Gasteiger partial charge in [-0.2, -0.15) is 4.90 Å². The summed E-state index contributed by atoms with van der Waals surface area (Å²) in [4.78, 5) is 0.682. The van der Waals surface area contributed by atoms with Crippen LogP contribution in [-0.4, -0.2) is 42.3 Å². The Labute approximate surface area is 105 Å². The second-order valence-electron chi connectivity index (χ2n) is 4.64. The van der Waals surface area contributed by atoms with Crippen molar-refractivity contribution in [2.45, 2.75) is 39.1 Å². The minimum atomic E-state index is -2.41. The number of aryl methyl sites for hydroxylation is 1. The first-order chi connectivity index (χ1) is 8.01. The van der Waals surface area contributed by atoms with Crippen LogP contribution in [0.25, 0.3) is 0 Å². The smallest absolute Gasteiger partial charge is 0.226 e. The van der Waals surface area contributed by atoms with E-state index < -0.39 is 11.8 Å². The normalized spacial score (nSPS) is 13.1. The number of hydrogen-bond acceptors (Lipinski definition) is 6. The zero-order valence-electron chi connectivity index (χ0n) is 10.6. The van der Waals surface area contributed by atoms with Gasteiger partial charge in [-0.25, -0.2) is 0 Å². The van der Waals surface area contributed by atoms with Crippen LogP contribution in [0.15, 0.2) is 18.2 Å². The third-order valence-electron chi connectivity index (χ3n) is 2.68. The van der Waals surface area contributed by atoms with E-state index in [1.165, 1.54) is 12.1 Å². The van der Waals surface area contributed by atoms with Gasteiger partial charge in [-0.1, -0.05) is 6.07 Å². The molecule has 102 valence electrons. The highest BCUT2D eigenvalue weighted by atomic mass is 16.6. The van der Waals surface area contributed by atoms with E-state index in [0.29, 0.717) is 10.5 Å². The van der Waals surface area contributed by atoms with Crippen molar-refractivity contribution in [2.24, 2.45) is 0 Å². The zero-order chi connectivity index (χ0) is 14.1. The first kappa shape index (κ1) is 14.9. The fourth-order valence-corrected chi connectivity index (χ4v) is 1.70. The molecule has 5 N–H and O–H groups in total. The van der Waals surface area contributed by atoms with Crippen LogP contribution in [0.3, 0.4) is 0 Å². The van der Waals surface area contributed by atoms with E-state index in [4.69, 9.17) is 0 Å². The van der Waals surface area contributed by atoms with Gasteiger partial charge in [0.15, 0.2) is 0 Å². The maximum absolute atomic E-state index is 9.53. The Hall–Kier alpha value is -1.18. The van der Waals surface area contributed by atoms with Crippen LogP contribution in [0.2, 0.25) is 0 Å². The predicted molar refractivity (Wildman–Crippen MR) is 64.1 cm³/mol. The van der Waals surface area contributed by atoms with Gasteiger partial charge in [0.1, 0.15) is 5.75 Å². The van der Waals surface area contributed by atoms with E-state index >= 15 is 0 Å². The summed E-state index contributed by atoms with van der Waals surface area (Å²) in [7, 11) is 0. The maximum Gasteiger partial charge on any atom is 0.226 e. The van der Waals surface area contributed by atoms with Gasteiger partial charge in [0.2, 0.25) is 11.8 Å². The highest BCUT2D eigenvalue weighted by Crippen LogP contribution is 2.24. The van der Waals surface area contributed by atoms with Crippen LogP contribution in [0.4, 0.5) is 0 Å². The Morgan fingerprint density at radius 1 is 1.06 bits per heavy atom. The number of hydrogen-bond donors (Lipinski definition) is 5. The van der Waals surface area contributed by atoms with Crippen LogP contribution < -0.4 is 0 Å². The molecule has 0 aliphatic heterocycles. The van der Waals surface area contributed by atoms with E-state index in [1.807, 2.05) is 0 Å². The molecule has 0 aliphatic carbocycles. The topological polar surface area (TPSA) is 104 Å². The van der Waals surface area contributed by atoms with Crippen molar-refractivity contribution in [1.82, 2.24) is 4.90 Å². The van der Waals surface area contributed by atoms with Crippen LogP contribution in [0.5, 0.6) is 5.75 Å². The molecule has 0 aliphatic rings. The Morgan fingerprint density at radius 2 is 1.56 bits per heavy atom. The SMILES string of the molecule is Cc1ccc(O)cc1CN(C(C)(O)O)C(C)(O)O. The third-order valence-corrected chi connectivity index (χ3v) is 2.68. The molecule has 1 aromatic carbocycles. The Bertz CT molecular complexity index is 405. The van der Waals surface area contributed by atoms with Crippen molar-refractivity contribution in [2.75, 3.05) is 0 Å². The van der Waals surface area contributed by atoms with Crippen molar-refractivity contribution < 1.29 is 25.5 Å². The molecule has 18 heavy (non-hydrogen) atoms. The van der Waals surface area contributed by atoms with Crippen molar-refractivity contribution in [3.63, 3.8) is 0 Å². The van der Waals surface area contributed by atoms with Gasteiger partial charge in [-0.05, 0) is 30.2 Å². The molecule has 0 amide bonds. The molecule has 1 rings (SSSR count). The van der Waals surface area contributed by atoms with E-state index in [9.17, 15) is 25.5 Å². The summed E-state index contributed by atoms with van der Waals surface area (Å²) in [6.07, 6.45) is 0. The van der Waals surface area contributed by atoms with E-state index in [2.05, 4.69) is 0 Å². The molecule has 0 atom stereocenters. The second kappa shape index (κ2) is 4.83. The summed E-state index contributed by atoms with van der Waals surface area (Å²) in [6, 6.07) is 4.58. The predicted octanol–water partition coefficient (Wildman–Crippen LogP) is -0.181. The number of phenols is 1. The lowest BCUT2D eigenvalue weighted by Gasteiger charge is -2.39. The Morgan fingerprint density at radius 3 is 2.00 bits per heavy atom. The summed E-state index contributed by atoms with van der Waals surface area (Å²) in [5.41, 5.74) is 1.34. The number of phenolic OH excluding ortho intramolecular Hbond substituents is 1. The third kappa shape index (κ3) is 3.66. The first-order valence-corrected chi connectivity index (χ1v) is 5.47. The van der Waals surface area contributed by atoms with Gasteiger partial charge in [0.25, 0.3) is 0 Å². The molecule has 0 heterocycles. The minimum absolute atomic E-state index is 0.0192. The highest BCUT2D eigenvalue weighted by molar-refractivity contribution is 5.34. The van der Waals surface area contributed by atoms with Gasteiger partial charge >= 0.3 is 0 Å². The van der Waals surface area contributed by atoms with Crippen LogP contribution >= 0.6 is 0 Å². The lowest BCUT2D eigenvalue weighted by molar-refractivity contribution is -0.374. The van der Waals surface area contributed by atoms with Crippen molar-refractivity contribution in [3.8, 4) is 5.75 Å². The van der Waals surface area contributed by atoms with Crippen LogP contribution in [0.1, 0.15) is 25.0 Å². The van der Waals surface area contributed by atoms with Crippen molar-refractivity contribution in [1.29, 1.82) is 0 Å². The molecule has 0 fully saturated rings. The quantitative estimate of drug-likeness (QED) is 0.479. The Kier molecular flexibility index (Phi) is 3.99. The molecule has 0 bridgehead atoms. The molecule has 1 aromatic rings. The fourth-order valence-electron chi connectivity index (χ4n) is 1.70. The van der Waals surface area contributed by atoms with Crippen molar-refractivity contribution >= 4 is 0 Å². The second-order valence-corrected chi connectivity index (χ2v) is 4.64. The minimum Gasteiger partial charge on any atom is -0.508 e. The van der Waals surface area contributed by atoms with E-state index in [0.717, 1.165) is 19.4 Å². The average molecular weight is 257 g/mol. The van der Waals surface area contributed by atoms with Crippen molar-refractivity contribution in [3.05, 3.63) is 29.3 Å². The van der Waals surface area contributed by atoms with Crippen LogP contribution in [-0.2, 0) is 6.54 Å². The molecule has 0 unspecified atom stereocenters. The molecular weight excluding hydrogens is 238 g/mol. The largest absolute Gasteiger partial charge is 0.508 e. The standard InChI is InChI=1S/C12H19NO5/c1-8-4-5-10(14)6-9(8)7-13(11(2,15)16)12(3,17)18/h4-6,14-18H,7H2,1-3H3. The monoisotopic (exact) mass is 257 g/mol. The van der Waals surface area contributed by atoms with Gasteiger partial charge in [0.05, 0.1) is 0 Å². The van der Waals surface area contributed by atoms with Gasteiger partial charge < -0.3 is 25.5 Å². The summed E-state index contributed by atoms with van der Waals surface area (Å²) in [6.45, 7) is 3.67. The van der Waals surface area contributed by atoms with Gasteiger partial charge in [-0.15, -0.1) is 0 Å². The molecule has 0 radical (unpaired) electrons. The average Bonchev–Trinajstić information content (AvgIpc) is 2.15. The number of rotatable bonds is 4. The molecule has 0 saturated heterocycles. The number of benzene rings is 1. The van der Waals surface area contributed by atoms with Crippen LogP contribution in [0, 0.1) is 6.92 Å². The lowest BCUT2D eigenvalue weighted by Crippen LogP contribution is -2.57. The molecule has 6 heteroatoms. The highest BCUT2D eigenvalue weighted by Gasteiger charge is 2.39. The van der Waals surface area contributed by atoms with E-state index in [-0.39, 0.29) is 12.3 Å². The zero-order valence-corrected chi connectivity index (χ0v) is 10.6. The molecular formula is C12H19NO5. The molecule has 0 saturated carbocycles.